The van der Waals surface area contributed by atoms with Crippen molar-refractivity contribution in [2.24, 2.45) is 0 Å². The molecule has 1 amide bonds. The summed E-state index contributed by atoms with van der Waals surface area (Å²) in [5.74, 6) is -0.0481. The quantitative estimate of drug-likeness (QED) is 0.776. The molecule has 1 aliphatic rings. The van der Waals surface area contributed by atoms with Crippen molar-refractivity contribution < 1.29 is 9.90 Å². The molecule has 4 rings (SSSR count). The SMILES string of the molecule is O=C(c1ccccc1)N1C(CO)c2ccccc2C[C@H]1c1ccccc1. The molecule has 0 radical (unpaired) electrons. The maximum Gasteiger partial charge on any atom is 0.254 e. The van der Waals surface area contributed by atoms with Crippen molar-refractivity contribution in [1.29, 1.82) is 0 Å². The van der Waals surface area contributed by atoms with Gasteiger partial charge in [0.05, 0.1) is 18.7 Å². The molecule has 1 heterocycles. The lowest BCUT2D eigenvalue weighted by Gasteiger charge is -2.43. The second-order valence-corrected chi connectivity index (χ2v) is 6.61. The van der Waals surface area contributed by atoms with Gasteiger partial charge in [0.1, 0.15) is 0 Å². The third-order valence-corrected chi connectivity index (χ3v) is 5.11. The molecule has 0 aliphatic carbocycles. The van der Waals surface area contributed by atoms with Crippen molar-refractivity contribution in [3.8, 4) is 0 Å². The molecule has 0 fully saturated rings. The number of rotatable bonds is 3. The average molecular weight is 343 g/mol. The van der Waals surface area contributed by atoms with E-state index in [9.17, 15) is 9.90 Å². The van der Waals surface area contributed by atoms with Gasteiger partial charge in [-0.1, -0.05) is 72.8 Å². The standard InChI is InChI=1S/C23H21NO2/c25-16-22-20-14-8-7-13-19(20)15-21(17-9-3-1-4-10-17)24(22)23(26)18-11-5-2-6-12-18/h1-14,21-22,25H,15-16H2/t21-,22?/m0/s1. The van der Waals surface area contributed by atoms with Gasteiger partial charge in [-0.2, -0.15) is 0 Å². The molecule has 26 heavy (non-hydrogen) atoms. The Balaban J connectivity index is 1.84. The summed E-state index contributed by atoms with van der Waals surface area (Å²) in [5.41, 5.74) is 3.96. The van der Waals surface area contributed by atoms with E-state index in [1.807, 2.05) is 71.6 Å². The average Bonchev–Trinajstić information content (AvgIpc) is 2.73. The van der Waals surface area contributed by atoms with E-state index < -0.39 is 0 Å². The van der Waals surface area contributed by atoms with Crippen molar-refractivity contribution in [1.82, 2.24) is 4.90 Å². The van der Waals surface area contributed by atoms with Gasteiger partial charge in [0.2, 0.25) is 0 Å². The molecule has 3 aromatic carbocycles. The Kier molecular flexibility index (Phi) is 4.55. The molecule has 2 atom stereocenters. The lowest BCUT2D eigenvalue weighted by molar-refractivity contribution is 0.0410. The fraction of sp³-hybridized carbons (Fsp3) is 0.174. The summed E-state index contributed by atoms with van der Waals surface area (Å²) in [6.45, 7) is -0.0983. The molecule has 1 aliphatic heterocycles. The summed E-state index contributed by atoms with van der Waals surface area (Å²) in [6.07, 6.45) is 0.745. The van der Waals surface area contributed by atoms with E-state index >= 15 is 0 Å². The van der Waals surface area contributed by atoms with E-state index in [1.54, 1.807) is 0 Å². The molecule has 0 bridgehead atoms. The van der Waals surface area contributed by atoms with Crippen molar-refractivity contribution in [2.75, 3.05) is 6.61 Å². The number of carbonyl (C=O) groups is 1. The first-order valence-electron chi connectivity index (χ1n) is 8.91. The van der Waals surface area contributed by atoms with E-state index in [4.69, 9.17) is 0 Å². The number of amides is 1. The zero-order chi connectivity index (χ0) is 17.9. The first kappa shape index (κ1) is 16.6. The highest BCUT2D eigenvalue weighted by molar-refractivity contribution is 5.95. The number of benzene rings is 3. The van der Waals surface area contributed by atoms with E-state index in [0.717, 1.165) is 17.5 Å². The van der Waals surface area contributed by atoms with Crippen molar-refractivity contribution >= 4 is 5.91 Å². The highest BCUT2D eigenvalue weighted by Crippen LogP contribution is 2.40. The largest absolute Gasteiger partial charge is 0.394 e. The Morgan fingerprint density at radius 2 is 1.50 bits per heavy atom. The summed E-state index contributed by atoms with van der Waals surface area (Å²) < 4.78 is 0. The number of hydrogen-bond donors (Lipinski definition) is 1. The van der Waals surface area contributed by atoms with Crippen LogP contribution in [0.4, 0.5) is 0 Å². The van der Waals surface area contributed by atoms with Crippen LogP contribution in [0.3, 0.4) is 0 Å². The summed E-state index contributed by atoms with van der Waals surface area (Å²) >= 11 is 0. The Morgan fingerprint density at radius 1 is 0.885 bits per heavy atom. The second-order valence-electron chi connectivity index (χ2n) is 6.61. The molecule has 3 nitrogen and oxygen atoms in total. The van der Waals surface area contributed by atoms with Gasteiger partial charge in [-0.15, -0.1) is 0 Å². The minimum atomic E-state index is -0.349. The van der Waals surface area contributed by atoms with Gasteiger partial charge in [-0.05, 0) is 35.2 Å². The van der Waals surface area contributed by atoms with Crippen LogP contribution < -0.4 is 0 Å². The number of fused-ring (bicyclic) bond motifs is 1. The van der Waals surface area contributed by atoms with Crippen LogP contribution in [0.5, 0.6) is 0 Å². The maximum absolute atomic E-state index is 13.4. The van der Waals surface area contributed by atoms with E-state index in [2.05, 4.69) is 18.2 Å². The lowest BCUT2D eigenvalue weighted by atomic mass is 9.85. The zero-order valence-corrected chi connectivity index (χ0v) is 14.5. The summed E-state index contributed by atoms with van der Waals surface area (Å²) in [7, 11) is 0. The molecule has 0 aromatic heterocycles. The zero-order valence-electron chi connectivity index (χ0n) is 14.5. The van der Waals surface area contributed by atoms with Crippen LogP contribution in [0.2, 0.25) is 0 Å². The third-order valence-electron chi connectivity index (χ3n) is 5.11. The minimum Gasteiger partial charge on any atom is -0.394 e. The number of aliphatic hydroxyl groups is 1. The molecule has 0 saturated heterocycles. The molecule has 0 saturated carbocycles. The van der Waals surface area contributed by atoms with Crippen LogP contribution >= 0.6 is 0 Å². The third kappa shape index (κ3) is 2.91. The van der Waals surface area contributed by atoms with Crippen LogP contribution in [-0.4, -0.2) is 22.5 Å². The Hall–Kier alpha value is -2.91. The summed E-state index contributed by atoms with van der Waals surface area (Å²) in [5, 5.41) is 10.2. The topological polar surface area (TPSA) is 40.5 Å². The van der Waals surface area contributed by atoms with Crippen LogP contribution in [-0.2, 0) is 6.42 Å². The van der Waals surface area contributed by atoms with Gasteiger partial charge >= 0.3 is 0 Å². The van der Waals surface area contributed by atoms with Crippen LogP contribution in [0.25, 0.3) is 0 Å². The van der Waals surface area contributed by atoms with E-state index in [-0.39, 0.29) is 24.6 Å². The lowest BCUT2D eigenvalue weighted by Crippen LogP contribution is -2.43. The fourth-order valence-electron chi connectivity index (χ4n) is 3.87. The number of hydrogen-bond acceptors (Lipinski definition) is 2. The Labute approximate surface area is 153 Å². The summed E-state index contributed by atoms with van der Waals surface area (Å²) in [6, 6.07) is 27.0. The molecule has 0 spiro atoms. The predicted octanol–water partition coefficient (Wildman–Crippen LogP) is 4.16. The highest BCUT2D eigenvalue weighted by Gasteiger charge is 2.38. The number of carbonyl (C=O) groups excluding carboxylic acids is 1. The normalized spacial score (nSPS) is 19.0. The fourth-order valence-corrected chi connectivity index (χ4v) is 3.87. The molecule has 3 aromatic rings. The Morgan fingerprint density at radius 3 is 2.19 bits per heavy atom. The van der Waals surface area contributed by atoms with Gasteiger partial charge in [-0.3, -0.25) is 4.79 Å². The van der Waals surface area contributed by atoms with Gasteiger partial charge in [-0.25, -0.2) is 0 Å². The monoisotopic (exact) mass is 343 g/mol. The van der Waals surface area contributed by atoms with Crippen molar-refractivity contribution in [3.63, 3.8) is 0 Å². The van der Waals surface area contributed by atoms with Crippen molar-refractivity contribution in [3.05, 3.63) is 107 Å². The Bertz CT molecular complexity index is 892. The van der Waals surface area contributed by atoms with Crippen LogP contribution in [0, 0.1) is 0 Å². The number of aliphatic hydroxyl groups excluding tert-OH is 1. The number of nitrogens with zero attached hydrogens (tertiary/aromatic N) is 1. The van der Waals surface area contributed by atoms with Crippen molar-refractivity contribution in [2.45, 2.75) is 18.5 Å². The first-order chi connectivity index (χ1) is 12.8. The predicted molar refractivity (Wildman–Crippen MR) is 102 cm³/mol. The molecule has 130 valence electrons. The van der Waals surface area contributed by atoms with Crippen LogP contribution in [0.1, 0.15) is 39.1 Å². The molecule has 1 N–H and O–H groups in total. The van der Waals surface area contributed by atoms with Gasteiger partial charge in [0.15, 0.2) is 0 Å². The van der Waals surface area contributed by atoms with Crippen LogP contribution in [0.15, 0.2) is 84.9 Å². The van der Waals surface area contributed by atoms with E-state index in [1.165, 1.54) is 5.56 Å². The molecule has 3 heteroatoms. The highest BCUT2D eigenvalue weighted by atomic mass is 16.3. The van der Waals surface area contributed by atoms with E-state index in [0.29, 0.717) is 5.56 Å². The molecular formula is C23H21NO2. The molecule has 1 unspecified atom stereocenters. The van der Waals surface area contributed by atoms with Gasteiger partial charge in [0, 0.05) is 5.56 Å². The first-order valence-corrected chi connectivity index (χ1v) is 8.91. The second kappa shape index (κ2) is 7.14. The van der Waals surface area contributed by atoms with Gasteiger partial charge in [0.25, 0.3) is 5.91 Å². The maximum atomic E-state index is 13.4. The van der Waals surface area contributed by atoms with Gasteiger partial charge < -0.3 is 10.0 Å². The molecular weight excluding hydrogens is 322 g/mol. The smallest absolute Gasteiger partial charge is 0.254 e. The minimum absolute atomic E-state index is 0.0481. The summed E-state index contributed by atoms with van der Waals surface area (Å²) in [4.78, 5) is 15.2.